The summed E-state index contributed by atoms with van der Waals surface area (Å²) in [5.41, 5.74) is 1.42. The molecule has 1 amide bonds. The zero-order valence-corrected chi connectivity index (χ0v) is 15.8. The average molecular weight is 355 g/mol. The van der Waals surface area contributed by atoms with Crippen LogP contribution in [0.3, 0.4) is 0 Å². The molecule has 1 atom stereocenters. The molecule has 0 radical (unpaired) electrons. The maximum atomic E-state index is 12.1. The molecule has 2 aromatic heterocycles. The van der Waals surface area contributed by atoms with E-state index in [1.165, 1.54) is 0 Å². The molecule has 1 aromatic carbocycles. The molecule has 0 saturated carbocycles. The van der Waals surface area contributed by atoms with Gasteiger partial charge in [-0.05, 0) is 45.4 Å². The molecular weight excluding hydrogens is 330 g/mol. The molecule has 2 heterocycles. The monoisotopic (exact) mass is 355 g/mol. The number of ether oxygens (including phenoxy) is 2. The molecule has 0 saturated heterocycles. The minimum atomic E-state index is -0.525. The second-order valence-electron chi connectivity index (χ2n) is 7.28. The quantitative estimate of drug-likeness (QED) is 0.711. The van der Waals surface area contributed by atoms with Gasteiger partial charge in [-0.1, -0.05) is 13.0 Å². The van der Waals surface area contributed by atoms with Gasteiger partial charge in [-0.25, -0.2) is 9.78 Å². The third-order valence-electron chi connectivity index (χ3n) is 4.19. The number of benzene rings is 1. The Morgan fingerprint density at radius 2 is 2.04 bits per heavy atom. The van der Waals surface area contributed by atoms with Crippen LogP contribution in [0.2, 0.25) is 0 Å². The smallest absolute Gasteiger partial charge is 0.408 e. The minimum Gasteiger partial charge on any atom is -0.481 e. The van der Waals surface area contributed by atoms with Gasteiger partial charge in [0.2, 0.25) is 5.88 Å². The Kier molecular flexibility index (Phi) is 4.76. The summed E-state index contributed by atoms with van der Waals surface area (Å²) in [7, 11) is 1.62. The molecule has 2 N–H and O–H groups in total. The molecule has 6 nitrogen and oxygen atoms in total. The SMILES string of the molecule is CC[C@H](NC(=O)OC(C)(C)C)c1cc2ccc3c(OC)nccc3c2[nH]1. The number of hydrogen-bond donors (Lipinski definition) is 2. The van der Waals surface area contributed by atoms with Gasteiger partial charge in [-0.2, -0.15) is 0 Å². The number of pyridine rings is 1. The van der Waals surface area contributed by atoms with Crippen LogP contribution in [0.4, 0.5) is 4.79 Å². The average Bonchev–Trinajstić information content (AvgIpc) is 3.01. The lowest BCUT2D eigenvalue weighted by atomic mass is 10.1. The molecule has 0 aliphatic rings. The third kappa shape index (κ3) is 3.59. The molecule has 0 aliphatic carbocycles. The number of aromatic nitrogens is 2. The Morgan fingerprint density at radius 3 is 2.69 bits per heavy atom. The summed E-state index contributed by atoms with van der Waals surface area (Å²) in [6.07, 6.45) is 2.06. The number of alkyl carbamates (subject to hydrolysis) is 1. The number of fused-ring (bicyclic) bond motifs is 3. The standard InChI is InChI=1S/C20H25N3O3/c1-6-15(23-19(24)26-20(2,3)4)16-11-12-7-8-14-13(17(12)22-16)9-10-21-18(14)25-5/h7-11,15,22H,6H2,1-5H3,(H,23,24)/t15-/m0/s1. The fraction of sp³-hybridized carbons (Fsp3) is 0.400. The van der Waals surface area contributed by atoms with Gasteiger partial charge in [0, 0.05) is 28.0 Å². The molecule has 26 heavy (non-hydrogen) atoms. The predicted molar refractivity (Wildman–Crippen MR) is 103 cm³/mol. The van der Waals surface area contributed by atoms with Crippen LogP contribution in [0, 0.1) is 0 Å². The molecule has 0 spiro atoms. The lowest BCUT2D eigenvalue weighted by Gasteiger charge is -2.22. The molecule has 3 rings (SSSR count). The number of amides is 1. The second kappa shape index (κ2) is 6.86. The zero-order valence-electron chi connectivity index (χ0n) is 15.8. The molecule has 138 valence electrons. The van der Waals surface area contributed by atoms with Gasteiger partial charge >= 0.3 is 6.09 Å². The lowest BCUT2D eigenvalue weighted by molar-refractivity contribution is 0.0501. The van der Waals surface area contributed by atoms with E-state index >= 15 is 0 Å². The van der Waals surface area contributed by atoms with Crippen LogP contribution in [-0.4, -0.2) is 28.8 Å². The molecule has 0 bridgehead atoms. The first-order valence-corrected chi connectivity index (χ1v) is 8.76. The van der Waals surface area contributed by atoms with E-state index in [9.17, 15) is 4.79 Å². The predicted octanol–water partition coefficient (Wildman–Crippen LogP) is 4.70. The van der Waals surface area contributed by atoms with Gasteiger partial charge in [0.15, 0.2) is 0 Å². The van der Waals surface area contributed by atoms with Gasteiger partial charge in [0.05, 0.1) is 18.7 Å². The van der Waals surface area contributed by atoms with Crippen molar-refractivity contribution >= 4 is 27.8 Å². The van der Waals surface area contributed by atoms with Crippen LogP contribution in [0.5, 0.6) is 5.88 Å². The number of carbonyl (C=O) groups excluding carboxylic acids is 1. The highest BCUT2D eigenvalue weighted by Crippen LogP contribution is 2.31. The zero-order chi connectivity index (χ0) is 18.9. The highest BCUT2D eigenvalue weighted by Gasteiger charge is 2.21. The molecular formula is C20H25N3O3. The van der Waals surface area contributed by atoms with Crippen molar-refractivity contribution in [1.29, 1.82) is 0 Å². The number of carbonyl (C=O) groups is 1. The van der Waals surface area contributed by atoms with Crippen molar-refractivity contribution < 1.29 is 14.3 Å². The van der Waals surface area contributed by atoms with Gasteiger partial charge in [0.25, 0.3) is 0 Å². The molecule has 3 aromatic rings. The first kappa shape index (κ1) is 18.0. The van der Waals surface area contributed by atoms with Crippen molar-refractivity contribution in [3.63, 3.8) is 0 Å². The number of methoxy groups -OCH3 is 1. The Hall–Kier alpha value is -2.76. The topological polar surface area (TPSA) is 76.2 Å². The first-order valence-electron chi connectivity index (χ1n) is 8.76. The van der Waals surface area contributed by atoms with Crippen LogP contribution >= 0.6 is 0 Å². The fourth-order valence-corrected chi connectivity index (χ4v) is 3.05. The molecule has 6 heteroatoms. The van der Waals surface area contributed by atoms with Crippen molar-refractivity contribution in [2.75, 3.05) is 7.11 Å². The van der Waals surface area contributed by atoms with Crippen LogP contribution < -0.4 is 10.1 Å². The van der Waals surface area contributed by atoms with E-state index in [0.717, 1.165) is 33.8 Å². The third-order valence-corrected chi connectivity index (χ3v) is 4.19. The molecule has 0 aliphatic heterocycles. The number of H-pyrrole nitrogens is 1. The maximum absolute atomic E-state index is 12.1. The van der Waals surface area contributed by atoms with Gasteiger partial charge in [-0.3, -0.25) is 0 Å². The first-order chi connectivity index (χ1) is 12.3. The number of nitrogens with zero attached hydrogens (tertiary/aromatic N) is 1. The van der Waals surface area contributed by atoms with Crippen LogP contribution in [-0.2, 0) is 4.74 Å². The Morgan fingerprint density at radius 1 is 1.27 bits per heavy atom. The summed E-state index contributed by atoms with van der Waals surface area (Å²) in [5.74, 6) is 0.597. The highest BCUT2D eigenvalue weighted by atomic mass is 16.6. The van der Waals surface area contributed by atoms with E-state index in [0.29, 0.717) is 5.88 Å². The summed E-state index contributed by atoms with van der Waals surface area (Å²) in [6, 6.07) is 7.90. The number of aromatic amines is 1. The van der Waals surface area contributed by atoms with Crippen molar-refractivity contribution in [3.05, 3.63) is 36.2 Å². The van der Waals surface area contributed by atoms with E-state index in [4.69, 9.17) is 9.47 Å². The van der Waals surface area contributed by atoms with Gasteiger partial charge in [0.1, 0.15) is 5.60 Å². The van der Waals surface area contributed by atoms with Crippen molar-refractivity contribution in [1.82, 2.24) is 15.3 Å². The van der Waals surface area contributed by atoms with E-state index in [-0.39, 0.29) is 6.04 Å². The van der Waals surface area contributed by atoms with Crippen molar-refractivity contribution in [3.8, 4) is 5.88 Å². The lowest BCUT2D eigenvalue weighted by Crippen LogP contribution is -2.34. The Bertz CT molecular complexity index is 941. The van der Waals surface area contributed by atoms with Crippen LogP contribution in [0.1, 0.15) is 45.9 Å². The second-order valence-corrected chi connectivity index (χ2v) is 7.28. The van der Waals surface area contributed by atoms with Crippen molar-refractivity contribution in [2.45, 2.75) is 45.8 Å². The summed E-state index contributed by atoms with van der Waals surface area (Å²) in [6.45, 7) is 7.58. The van der Waals surface area contributed by atoms with Crippen LogP contribution in [0.15, 0.2) is 30.5 Å². The number of hydrogen-bond acceptors (Lipinski definition) is 4. The highest BCUT2D eigenvalue weighted by molar-refractivity contribution is 6.07. The van der Waals surface area contributed by atoms with E-state index in [1.807, 2.05) is 45.9 Å². The van der Waals surface area contributed by atoms with Crippen LogP contribution in [0.25, 0.3) is 21.7 Å². The number of rotatable bonds is 4. The van der Waals surface area contributed by atoms with Crippen molar-refractivity contribution in [2.24, 2.45) is 0 Å². The largest absolute Gasteiger partial charge is 0.481 e. The van der Waals surface area contributed by atoms with Gasteiger partial charge in [-0.15, -0.1) is 0 Å². The van der Waals surface area contributed by atoms with Gasteiger partial charge < -0.3 is 19.8 Å². The van der Waals surface area contributed by atoms with E-state index in [1.54, 1.807) is 13.3 Å². The van der Waals surface area contributed by atoms with E-state index < -0.39 is 11.7 Å². The normalized spacial score (nSPS) is 13.0. The van der Waals surface area contributed by atoms with E-state index in [2.05, 4.69) is 21.4 Å². The number of nitrogens with one attached hydrogen (secondary N) is 2. The fourth-order valence-electron chi connectivity index (χ4n) is 3.05. The molecule has 0 unspecified atom stereocenters. The maximum Gasteiger partial charge on any atom is 0.408 e. The summed E-state index contributed by atoms with van der Waals surface area (Å²) < 4.78 is 10.7. The minimum absolute atomic E-state index is 0.156. The molecule has 0 fully saturated rings. The summed E-state index contributed by atoms with van der Waals surface area (Å²) >= 11 is 0. The Balaban J connectivity index is 1.97. The summed E-state index contributed by atoms with van der Waals surface area (Å²) in [5, 5.41) is 6.00. The summed E-state index contributed by atoms with van der Waals surface area (Å²) in [4.78, 5) is 19.8. The Labute approximate surface area is 152 Å².